The number of hydrogen-bond donors (Lipinski definition) is 0. The smallest absolute Gasteiger partial charge is 0.410 e. The van der Waals surface area contributed by atoms with Crippen LogP contribution in [-0.4, -0.2) is 41.3 Å². The molecule has 4 nitrogen and oxygen atoms in total. The number of rotatable bonds is 2. The Balaban J connectivity index is 2.51. The van der Waals surface area contributed by atoms with E-state index < -0.39 is 5.60 Å². The van der Waals surface area contributed by atoms with E-state index in [1.807, 2.05) is 20.8 Å². The Morgan fingerprint density at radius 2 is 1.94 bits per heavy atom. The summed E-state index contributed by atoms with van der Waals surface area (Å²) >= 11 is 5.57. The lowest BCUT2D eigenvalue weighted by molar-refractivity contribution is -0.120. The molecule has 1 rings (SSSR count). The second kappa shape index (κ2) is 6.41. The third-order valence-corrected chi connectivity index (χ3v) is 3.23. The highest BCUT2D eigenvalue weighted by atomic mass is 35.5. The lowest BCUT2D eigenvalue weighted by atomic mass is 9.97. The maximum atomic E-state index is 11.9. The van der Waals surface area contributed by atoms with E-state index in [2.05, 4.69) is 0 Å². The van der Waals surface area contributed by atoms with E-state index in [4.69, 9.17) is 16.3 Å². The van der Waals surface area contributed by atoms with Gasteiger partial charge in [0.25, 0.3) is 0 Å². The average molecular weight is 276 g/mol. The number of amides is 1. The number of Topliss-reactive ketones (excluding diaryl/α,β-unsaturated/α-hetero) is 1. The molecule has 0 radical (unpaired) electrons. The molecule has 18 heavy (non-hydrogen) atoms. The van der Waals surface area contributed by atoms with Gasteiger partial charge in [0.1, 0.15) is 5.60 Å². The molecule has 104 valence electrons. The molecule has 1 aliphatic heterocycles. The number of carbonyl (C=O) groups excluding carboxylic acids is 2. The summed E-state index contributed by atoms with van der Waals surface area (Å²) in [6.45, 7) is 6.77. The van der Waals surface area contributed by atoms with Gasteiger partial charge in [-0.2, -0.15) is 0 Å². The molecule has 0 N–H and O–H groups in total. The van der Waals surface area contributed by atoms with E-state index in [-0.39, 0.29) is 23.7 Å². The number of alkyl halides is 1. The minimum Gasteiger partial charge on any atom is -0.444 e. The fourth-order valence-electron chi connectivity index (χ4n) is 2.04. The van der Waals surface area contributed by atoms with Crippen molar-refractivity contribution >= 4 is 23.5 Å². The van der Waals surface area contributed by atoms with Crippen molar-refractivity contribution in [2.75, 3.05) is 19.0 Å². The quantitative estimate of drug-likeness (QED) is 0.728. The summed E-state index contributed by atoms with van der Waals surface area (Å²) in [5.41, 5.74) is -0.477. The Labute approximate surface area is 114 Å². The van der Waals surface area contributed by atoms with Crippen LogP contribution in [0.15, 0.2) is 0 Å². The summed E-state index contributed by atoms with van der Waals surface area (Å²) in [6.07, 6.45) is 2.03. The molecule has 0 spiro atoms. The summed E-state index contributed by atoms with van der Waals surface area (Å²) < 4.78 is 5.33. The first kappa shape index (κ1) is 15.3. The summed E-state index contributed by atoms with van der Waals surface area (Å²) in [6, 6.07) is 0. The molecule has 0 aromatic rings. The molecule has 0 aromatic heterocycles. The number of likely N-dealkylation sites (tertiary alicyclic amines) is 1. The molecule has 0 saturated carbocycles. The van der Waals surface area contributed by atoms with Gasteiger partial charge in [0.2, 0.25) is 0 Å². The largest absolute Gasteiger partial charge is 0.444 e. The first-order chi connectivity index (χ1) is 8.33. The molecule has 1 fully saturated rings. The molecule has 1 heterocycles. The van der Waals surface area contributed by atoms with E-state index in [1.54, 1.807) is 4.90 Å². The van der Waals surface area contributed by atoms with E-state index in [9.17, 15) is 9.59 Å². The van der Waals surface area contributed by atoms with Gasteiger partial charge in [-0.25, -0.2) is 4.79 Å². The predicted octanol–water partition coefficient (Wildman–Crippen LogP) is 2.83. The van der Waals surface area contributed by atoms with Crippen LogP contribution in [0.4, 0.5) is 4.79 Å². The fraction of sp³-hybridized carbons (Fsp3) is 0.846. The first-order valence-corrected chi connectivity index (χ1v) is 6.93. The van der Waals surface area contributed by atoms with Crippen LogP contribution in [0, 0.1) is 5.92 Å². The molecule has 1 amide bonds. The van der Waals surface area contributed by atoms with E-state index in [1.165, 1.54) is 0 Å². The summed E-state index contributed by atoms with van der Waals surface area (Å²) in [7, 11) is 0. The second-order valence-electron chi connectivity index (χ2n) is 5.70. The van der Waals surface area contributed by atoms with Gasteiger partial charge in [0.15, 0.2) is 5.78 Å². The van der Waals surface area contributed by atoms with Gasteiger partial charge in [0.05, 0.1) is 5.88 Å². The monoisotopic (exact) mass is 275 g/mol. The molecular weight excluding hydrogens is 254 g/mol. The Hall–Kier alpha value is -0.770. The molecule has 5 heteroatoms. The van der Waals surface area contributed by atoms with Crippen LogP contribution in [0.5, 0.6) is 0 Å². The molecule has 0 bridgehead atoms. The standard InChI is InChI=1S/C13H22ClNO3/c1-13(2,3)18-12(17)15-7-4-5-10(6-8-15)11(16)9-14/h10H,4-9H2,1-3H3. The van der Waals surface area contributed by atoms with Gasteiger partial charge in [-0.15, -0.1) is 11.6 Å². The lowest BCUT2D eigenvalue weighted by Crippen LogP contribution is -2.37. The molecule has 1 unspecified atom stereocenters. The van der Waals surface area contributed by atoms with Crippen LogP contribution in [-0.2, 0) is 9.53 Å². The van der Waals surface area contributed by atoms with E-state index in [0.29, 0.717) is 19.5 Å². The Bertz CT molecular complexity index is 312. The van der Waals surface area contributed by atoms with Gasteiger partial charge in [-0.05, 0) is 40.0 Å². The van der Waals surface area contributed by atoms with Gasteiger partial charge in [0, 0.05) is 19.0 Å². The van der Waals surface area contributed by atoms with Crippen molar-refractivity contribution in [1.29, 1.82) is 0 Å². The zero-order valence-corrected chi connectivity index (χ0v) is 12.1. The van der Waals surface area contributed by atoms with Crippen molar-refractivity contribution in [2.24, 2.45) is 5.92 Å². The van der Waals surface area contributed by atoms with Crippen molar-refractivity contribution in [2.45, 2.75) is 45.6 Å². The highest BCUT2D eigenvalue weighted by Gasteiger charge is 2.27. The second-order valence-corrected chi connectivity index (χ2v) is 5.96. The van der Waals surface area contributed by atoms with Crippen LogP contribution in [0.2, 0.25) is 0 Å². The number of hydrogen-bond acceptors (Lipinski definition) is 3. The number of carbonyl (C=O) groups is 2. The number of halogens is 1. The topological polar surface area (TPSA) is 46.6 Å². The maximum Gasteiger partial charge on any atom is 0.410 e. The van der Waals surface area contributed by atoms with Crippen LogP contribution < -0.4 is 0 Å². The van der Waals surface area contributed by atoms with E-state index in [0.717, 1.165) is 12.8 Å². The van der Waals surface area contributed by atoms with E-state index >= 15 is 0 Å². The van der Waals surface area contributed by atoms with Crippen molar-refractivity contribution in [3.8, 4) is 0 Å². The Morgan fingerprint density at radius 3 is 2.50 bits per heavy atom. The summed E-state index contributed by atoms with van der Waals surface area (Å²) in [5.74, 6) is 0.148. The minimum atomic E-state index is -0.477. The lowest BCUT2D eigenvalue weighted by Gasteiger charge is -2.26. The van der Waals surface area contributed by atoms with Gasteiger partial charge < -0.3 is 9.64 Å². The van der Waals surface area contributed by atoms with Crippen molar-refractivity contribution in [3.63, 3.8) is 0 Å². The minimum absolute atomic E-state index is 0.00469. The van der Waals surface area contributed by atoms with Gasteiger partial charge >= 0.3 is 6.09 Å². The highest BCUT2D eigenvalue weighted by molar-refractivity contribution is 6.27. The zero-order chi connectivity index (χ0) is 13.8. The molecule has 0 aliphatic carbocycles. The summed E-state index contributed by atoms with van der Waals surface area (Å²) in [5, 5.41) is 0. The van der Waals surface area contributed by atoms with Crippen molar-refractivity contribution < 1.29 is 14.3 Å². The zero-order valence-electron chi connectivity index (χ0n) is 11.4. The Kier molecular flexibility index (Phi) is 5.45. The van der Waals surface area contributed by atoms with Crippen LogP contribution in [0.3, 0.4) is 0 Å². The summed E-state index contributed by atoms with van der Waals surface area (Å²) in [4.78, 5) is 25.2. The molecule has 1 aliphatic rings. The SMILES string of the molecule is CC(C)(C)OC(=O)N1CCCC(C(=O)CCl)CC1. The molecular formula is C13H22ClNO3. The average Bonchev–Trinajstić information content (AvgIpc) is 2.51. The highest BCUT2D eigenvalue weighted by Crippen LogP contribution is 2.20. The molecule has 1 atom stereocenters. The normalized spacial score (nSPS) is 21.3. The van der Waals surface area contributed by atoms with Crippen molar-refractivity contribution in [3.05, 3.63) is 0 Å². The molecule has 0 aromatic carbocycles. The Morgan fingerprint density at radius 1 is 1.28 bits per heavy atom. The number of ketones is 1. The third kappa shape index (κ3) is 4.84. The fourth-order valence-corrected chi connectivity index (χ4v) is 2.25. The van der Waals surface area contributed by atoms with Crippen LogP contribution >= 0.6 is 11.6 Å². The van der Waals surface area contributed by atoms with Gasteiger partial charge in [-0.3, -0.25) is 4.79 Å². The third-order valence-electron chi connectivity index (χ3n) is 2.97. The van der Waals surface area contributed by atoms with Crippen molar-refractivity contribution in [1.82, 2.24) is 4.90 Å². The van der Waals surface area contributed by atoms with Crippen LogP contribution in [0.25, 0.3) is 0 Å². The van der Waals surface area contributed by atoms with Crippen LogP contribution in [0.1, 0.15) is 40.0 Å². The maximum absolute atomic E-state index is 11.9. The molecule has 1 saturated heterocycles. The predicted molar refractivity (Wildman–Crippen MR) is 70.9 cm³/mol. The number of ether oxygens (including phenoxy) is 1. The first-order valence-electron chi connectivity index (χ1n) is 6.40. The number of nitrogens with zero attached hydrogens (tertiary/aromatic N) is 1. The van der Waals surface area contributed by atoms with Gasteiger partial charge in [-0.1, -0.05) is 0 Å².